The van der Waals surface area contributed by atoms with Crippen LogP contribution in [0.5, 0.6) is 0 Å². The first kappa shape index (κ1) is 13.9. The van der Waals surface area contributed by atoms with Crippen molar-refractivity contribution in [2.45, 2.75) is 26.0 Å². The summed E-state index contributed by atoms with van der Waals surface area (Å²) in [5.74, 6) is 0. The maximum absolute atomic E-state index is 12.1. The van der Waals surface area contributed by atoms with Crippen LogP contribution >= 0.6 is 11.8 Å². The third kappa shape index (κ3) is 2.92. The predicted octanol–water partition coefficient (Wildman–Crippen LogP) is 2.94. The second kappa shape index (κ2) is 5.65. The second-order valence-electron chi connectivity index (χ2n) is 4.71. The summed E-state index contributed by atoms with van der Waals surface area (Å²) in [6.45, 7) is 6.99. The Labute approximate surface area is 118 Å². The number of urea groups is 1. The van der Waals surface area contributed by atoms with Gasteiger partial charge in [0.2, 0.25) is 0 Å². The molecule has 2 rings (SSSR count). The Balaban J connectivity index is 2.37. The number of benzene rings is 1. The van der Waals surface area contributed by atoms with E-state index in [9.17, 15) is 4.79 Å². The molecule has 1 atom stereocenters. The van der Waals surface area contributed by atoms with E-state index in [1.807, 2.05) is 25.1 Å². The molecule has 0 spiro atoms. The zero-order valence-electron chi connectivity index (χ0n) is 11.7. The van der Waals surface area contributed by atoms with Crippen molar-refractivity contribution < 1.29 is 4.79 Å². The number of amidine groups is 1. The zero-order chi connectivity index (χ0) is 14.0. The third-order valence-corrected chi connectivity index (χ3v) is 4.22. The van der Waals surface area contributed by atoms with Crippen molar-refractivity contribution in [1.29, 1.82) is 0 Å². The number of hydrogen-bond donors (Lipinski definition) is 1. The summed E-state index contributed by atoms with van der Waals surface area (Å²) >= 11 is 1.64. The molecule has 102 valence electrons. The molecule has 1 heterocycles. The molecule has 1 aromatic carbocycles. The number of thioether (sulfide) groups is 1. The predicted molar refractivity (Wildman–Crippen MR) is 82.2 cm³/mol. The molecular formula is C14H19N3OS. The number of aryl methyl sites for hydroxylation is 2. The van der Waals surface area contributed by atoms with Gasteiger partial charge < -0.3 is 5.32 Å². The molecule has 1 N–H and O–H groups in total. The van der Waals surface area contributed by atoms with E-state index in [0.717, 1.165) is 17.4 Å². The summed E-state index contributed by atoms with van der Waals surface area (Å²) in [5, 5.41) is 3.88. The number of hydrogen-bond acceptors (Lipinski definition) is 3. The molecule has 5 heteroatoms. The minimum Gasteiger partial charge on any atom is -0.340 e. The van der Waals surface area contributed by atoms with Gasteiger partial charge in [0.25, 0.3) is 0 Å². The van der Waals surface area contributed by atoms with Gasteiger partial charge in [-0.05, 0) is 37.1 Å². The van der Waals surface area contributed by atoms with Crippen LogP contribution in [0.2, 0.25) is 0 Å². The third-order valence-electron chi connectivity index (χ3n) is 3.15. The number of nitrogens with one attached hydrogen (secondary N) is 1. The van der Waals surface area contributed by atoms with Gasteiger partial charge in [0.15, 0.2) is 5.17 Å². The van der Waals surface area contributed by atoms with E-state index in [2.05, 4.69) is 24.2 Å². The average molecular weight is 277 g/mol. The van der Waals surface area contributed by atoms with Gasteiger partial charge in [0.05, 0.1) is 12.2 Å². The van der Waals surface area contributed by atoms with E-state index >= 15 is 0 Å². The minimum absolute atomic E-state index is 0.149. The Hall–Kier alpha value is -1.49. The van der Waals surface area contributed by atoms with Crippen LogP contribution in [-0.4, -0.2) is 30.0 Å². The Bertz CT molecular complexity index is 527. The minimum atomic E-state index is -0.149. The number of nitrogens with zero attached hydrogens (tertiary/aromatic N) is 2. The summed E-state index contributed by atoms with van der Waals surface area (Å²) < 4.78 is 0. The quantitative estimate of drug-likeness (QED) is 0.857. The molecule has 0 fully saturated rings. The van der Waals surface area contributed by atoms with E-state index in [4.69, 9.17) is 0 Å². The summed E-state index contributed by atoms with van der Waals surface area (Å²) in [4.78, 5) is 18.2. The summed E-state index contributed by atoms with van der Waals surface area (Å²) in [6, 6.07) is 5.87. The molecule has 0 radical (unpaired) electrons. The Kier molecular flexibility index (Phi) is 4.14. The monoisotopic (exact) mass is 277 g/mol. The molecule has 0 saturated carbocycles. The smallest absolute Gasteiger partial charge is 0.327 e. The summed E-state index contributed by atoms with van der Waals surface area (Å²) in [5.41, 5.74) is 3.25. The van der Waals surface area contributed by atoms with Crippen molar-refractivity contribution in [3.8, 4) is 0 Å². The van der Waals surface area contributed by atoms with Gasteiger partial charge in [-0.25, -0.2) is 9.69 Å². The summed E-state index contributed by atoms with van der Waals surface area (Å²) in [7, 11) is 1.64. The van der Waals surface area contributed by atoms with Crippen molar-refractivity contribution in [2.75, 3.05) is 18.5 Å². The number of anilines is 1. The zero-order valence-corrected chi connectivity index (χ0v) is 12.5. The van der Waals surface area contributed by atoms with Gasteiger partial charge in [-0.1, -0.05) is 24.8 Å². The van der Waals surface area contributed by atoms with Gasteiger partial charge in [-0.3, -0.25) is 4.99 Å². The second-order valence-corrected chi connectivity index (χ2v) is 6.12. The summed E-state index contributed by atoms with van der Waals surface area (Å²) in [6.07, 6.45) is 0. The van der Waals surface area contributed by atoms with Crippen LogP contribution in [0.15, 0.2) is 23.2 Å². The number of carbonyl (C=O) groups is 1. The fourth-order valence-corrected chi connectivity index (χ4v) is 2.83. The van der Waals surface area contributed by atoms with Crippen molar-refractivity contribution in [1.82, 2.24) is 5.32 Å². The number of amides is 2. The molecule has 0 unspecified atom stereocenters. The fraction of sp³-hybridized carbons (Fsp3) is 0.429. The van der Waals surface area contributed by atoms with Crippen LogP contribution in [0.1, 0.15) is 18.1 Å². The van der Waals surface area contributed by atoms with E-state index in [0.29, 0.717) is 5.25 Å². The maximum atomic E-state index is 12.1. The largest absolute Gasteiger partial charge is 0.340 e. The Morgan fingerprint density at radius 2 is 2.16 bits per heavy atom. The van der Waals surface area contributed by atoms with Crippen molar-refractivity contribution in [2.24, 2.45) is 4.99 Å². The molecule has 0 aliphatic carbocycles. The van der Waals surface area contributed by atoms with Crippen molar-refractivity contribution in [3.05, 3.63) is 29.3 Å². The van der Waals surface area contributed by atoms with Crippen LogP contribution in [0.25, 0.3) is 0 Å². The molecule has 4 nitrogen and oxygen atoms in total. The van der Waals surface area contributed by atoms with E-state index in [1.54, 1.807) is 23.7 Å². The highest BCUT2D eigenvalue weighted by Gasteiger charge is 2.26. The molecule has 1 aliphatic heterocycles. The van der Waals surface area contributed by atoms with Gasteiger partial charge in [0.1, 0.15) is 0 Å². The topological polar surface area (TPSA) is 44.7 Å². The highest BCUT2D eigenvalue weighted by molar-refractivity contribution is 8.15. The Morgan fingerprint density at radius 3 is 2.68 bits per heavy atom. The van der Waals surface area contributed by atoms with Crippen LogP contribution in [0.4, 0.5) is 10.5 Å². The molecular weight excluding hydrogens is 258 g/mol. The SMILES string of the molecule is CNC(=O)N(C1=NC[C@H](C)S1)c1ccc(C)c(C)c1. The molecule has 0 bridgehead atoms. The first-order valence-corrected chi connectivity index (χ1v) is 7.21. The lowest BCUT2D eigenvalue weighted by Gasteiger charge is -2.22. The van der Waals surface area contributed by atoms with Crippen LogP contribution in [-0.2, 0) is 0 Å². The first-order valence-electron chi connectivity index (χ1n) is 6.33. The van der Waals surface area contributed by atoms with Gasteiger partial charge in [0, 0.05) is 12.3 Å². The normalized spacial score (nSPS) is 18.1. The number of rotatable bonds is 1. The average Bonchev–Trinajstić information content (AvgIpc) is 2.80. The van der Waals surface area contributed by atoms with Gasteiger partial charge in [-0.15, -0.1) is 0 Å². The van der Waals surface area contributed by atoms with Crippen LogP contribution < -0.4 is 10.2 Å². The highest BCUT2D eigenvalue weighted by Crippen LogP contribution is 2.28. The number of carbonyl (C=O) groups excluding carboxylic acids is 1. The van der Waals surface area contributed by atoms with Crippen molar-refractivity contribution in [3.63, 3.8) is 0 Å². The maximum Gasteiger partial charge on any atom is 0.327 e. The van der Waals surface area contributed by atoms with Crippen LogP contribution in [0.3, 0.4) is 0 Å². The lowest BCUT2D eigenvalue weighted by Crippen LogP contribution is -2.41. The van der Waals surface area contributed by atoms with Gasteiger partial charge in [-0.2, -0.15) is 0 Å². The Morgan fingerprint density at radius 1 is 1.42 bits per heavy atom. The van der Waals surface area contributed by atoms with E-state index in [1.165, 1.54) is 11.1 Å². The van der Waals surface area contributed by atoms with E-state index < -0.39 is 0 Å². The number of aliphatic imine (C=N–C) groups is 1. The molecule has 19 heavy (non-hydrogen) atoms. The van der Waals surface area contributed by atoms with E-state index in [-0.39, 0.29) is 6.03 Å². The van der Waals surface area contributed by atoms with Crippen molar-refractivity contribution >= 4 is 28.6 Å². The fourth-order valence-electron chi connectivity index (χ4n) is 1.88. The first-order chi connectivity index (χ1) is 9.02. The lowest BCUT2D eigenvalue weighted by atomic mass is 10.1. The lowest BCUT2D eigenvalue weighted by molar-refractivity contribution is 0.251. The molecule has 2 amide bonds. The molecule has 1 aromatic rings. The molecule has 1 aliphatic rings. The highest BCUT2D eigenvalue weighted by atomic mass is 32.2. The van der Waals surface area contributed by atoms with Crippen LogP contribution in [0, 0.1) is 13.8 Å². The standard InChI is InChI=1S/C14H19N3OS/c1-9-5-6-12(7-10(9)2)17(13(18)15-4)14-16-8-11(3)19-14/h5-7,11H,8H2,1-4H3,(H,15,18)/t11-/m0/s1. The van der Waals surface area contributed by atoms with Gasteiger partial charge >= 0.3 is 6.03 Å². The molecule has 0 saturated heterocycles. The molecule has 0 aromatic heterocycles.